The number of benzene rings is 2. The fourth-order valence-corrected chi connectivity index (χ4v) is 4.91. The lowest BCUT2D eigenvalue weighted by Gasteiger charge is -2.19. The van der Waals surface area contributed by atoms with Crippen LogP contribution in [-0.4, -0.2) is 43.2 Å². The Labute approximate surface area is 168 Å². The van der Waals surface area contributed by atoms with E-state index in [1.165, 1.54) is 28.6 Å². The maximum Gasteiger partial charge on any atom is 0.270 e. The maximum atomic E-state index is 13.0. The standard InChI is InChI=1S/C19H21N3O6S/c23-19(24)15-5-3-14(4-6-15)9-10-20-17-8-7-16(22(25)26)13-18(17)29(27,28)21-11-1-2-12-21/h3-8,13,20H,1-2,9-12H2,(H,23,24)/p-1. The van der Waals surface area contributed by atoms with Crippen LogP contribution < -0.4 is 10.4 Å². The molecule has 1 heterocycles. The minimum Gasteiger partial charge on any atom is -0.545 e. The number of hydrogen-bond acceptors (Lipinski definition) is 7. The van der Waals surface area contributed by atoms with Crippen LogP contribution in [0.1, 0.15) is 28.8 Å². The van der Waals surface area contributed by atoms with Crippen LogP contribution in [0.4, 0.5) is 11.4 Å². The first-order chi connectivity index (χ1) is 13.8. The predicted octanol–water partition coefficient (Wildman–Crippen LogP) is 1.40. The Morgan fingerprint density at radius 2 is 1.76 bits per heavy atom. The lowest BCUT2D eigenvalue weighted by Crippen LogP contribution is -2.28. The third-order valence-corrected chi connectivity index (χ3v) is 6.72. The average molecular weight is 418 g/mol. The maximum absolute atomic E-state index is 13.0. The highest BCUT2D eigenvalue weighted by molar-refractivity contribution is 7.89. The highest BCUT2D eigenvalue weighted by Gasteiger charge is 2.30. The molecule has 0 saturated carbocycles. The van der Waals surface area contributed by atoms with Gasteiger partial charge in [-0.1, -0.05) is 24.3 Å². The largest absolute Gasteiger partial charge is 0.545 e. The van der Waals surface area contributed by atoms with Crippen LogP contribution in [0.25, 0.3) is 0 Å². The number of carboxylic acids is 1. The number of anilines is 1. The molecule has 9 nitrogen and oxygen atoms in total. The van der Waals surface area contributed by atoms with E-state index in [1.807, 2.05) is 0 Å². The van der Waals surface area contributed by atoms with Gasteiger partial charge in [-0.25, -0.2) is 8.42 Å². The van der Waals surface area contributed by atoms with E-state index in [0.717, 1.165) is 24.5 Å². The summed E-state index contributed by atoms with van der Waals surface area (Å²) in [6.07, 6.45) is 2.03. The van der Waals surface area contributed by atoms with Gasteiger partial charge in [0, 0.05) is 31.8 Å². The van der Waals surface area contributed by atoms with Gasteiger partial charge in [0.05, 0.1) is 16.6 Å². The van der Waals surface area contributed by atoms with E-state index in [1.54, 1.807) is 12.1 Å². The molecule has 0 aliphatic carbocycles. The van der Waals surface area contributed by atoms with Gasteiger partial charge >= 0.3 is 0 Å². The van der Waals surface area contributed by atoms with E-state index >= 15 is 0 Å². The number of nitro benzene ring substituents is 1. The number of rotatable bonds is 8. The molecule has 29 heavy (non-hydrogen) atoms. The first kappa shape index (κ1) is 20.7. The van der Waals surface area contributed by atoms with Crippen LogP contribution in [0.2, 0.25) is 0 Å². The number of hydrogen-bond donors (Lipinski definition) is 1. The number of aromatic carboxylic acids is 1. The minimum absolute atomic E-state index is 0.0797. The third-order valence-electron chi connectivity index (χ3n) is 4.78. The van der Waals surface area contributed by atoms with Crippen molar-refractivity contribution in [3.8, 4) is 0 Å². The highest BCUT2D eigenvalue weighted by atomic mass is 32.2. The van der Waals surface area contributed by atoms with Crippen molar-refractivity contribution in [1.82, 2.24) is 4.31 Å². The van der Waals surface area contributed by atoms with Crippen LogP contribution in [-0.2, 0) is 16.4 Å². The third kappa shape index (κ3) is 4.72. The van der Waals surface area contributed by atoms with Crippen molar-refractivity contribution < 1.29 is 23.2 Å². The molecule has 0 radical (unpaired) electrons. The van der Waals surface area contributed by atoms with E-state index < -0.39 is 20.9 Å². The van der Waals surface area contributed by atoms with Gasteiger partial charge in [-0.3, -0.25) is 10.1 Å². The summed E-state index contributed by atoms with van der Waals surface area (Å²) in [6.45, 7) is 1.16. The molecule has 2 aromatic carbocycles. The Morgan fingerprint density at radius 1 is 1.10 bits per heavy atom. The van der Waals surface area contributed by atoms with Gasteiger partial charge in [0.2, 0.25) is 10.0 Å². The molecular weight excluding hydrogens is 398 g/mol. The number of non-ortho nitro benzene ring substituents is 1. The van der Waals surface area contributed by atoms with Crippen molar-refractivity contribution in [2.24, 2.45) is 0 Å². The van der Waals surface area contributed by atoms with E-state index in [2.05, 4.69) is 5.32 Å². The highest BCUT2D eigenvalue weighted by Crippen LogP contribution is 2.30. The second kappa shape index (κ2) is 8.58. The molecule has 2 aromatic rings. The Bertz CT molecular complexity index is 1010. The Balaban J connectivity index is 1.79. The summed E-state index contributed by atoms with van der Waals surface area (Å²) in [5.74, 6) is -1.25. The number of nitro groups is 1. The van der Waals surface area contributed by atoms with Crippen LogP contribution >= 0.6 is 0 Å². The van der Waals surface area contributed by atoms with Crippen molar-refractivity contribution in [3.05, 3.63) is 63.7 Å². The number of nitrogens with one attached hydrogen (secondary N) is 1. The fourth-order valence-electron chi connectivity index (χ4n) is 3.20. The molecule has 0 atom stereocenters. The van der Waals surface area contributed by atoms with Crippen molar-refractivity contribution in [2.75, 3.05) is 25.0 Å². The van der Waals surface area contributed by atoms with Crippen LogP contribution in [0, 0.1) is 10.1 Å². The number of carboxylic acid groups (broad SMARTS) is 1. The summed E-state index contributed by atoms with van der Waals surface area (Å²) < 4.78 is 27.3. The number of carbonyl (C=O) groups is 1. The molecule has 1 aliphatic heterocycles. The molecule has 1 fully saturated rings. The molecule has 1 saturated heterocycles. The molecular formula is C19H20N3O6S-. The lowest BCUT2D eigenvalue weighted by atomic mass is 10.1. The van der Waals surface area contributed by atoms with Gasteiger partial charge in [0.1, 0.15) is 4.90 Å². The van der Waals surface area contributed by atoms with Gasteiger partial charge in [0.15, 0.2) is 0 Å². The molecule has 1 aliphatic rings. The molecule has 0 spiro atoms. The summed E-state index contributed by atoms with van der Waals surface area (Å²) in [5, 5.41) is 25.0. The molecule has 0 bridgehead atoms. The van der Waals surface area contributed by atoms with E-state index in [4.69, 9.17) is 0 Å². The normalized spacial score (nSPS) is 14.6. The number of sulfonamides is 1. The minimum atomic E-state index is -3.84. The summed E-state index contributed by atoms with van der Waals surface area (Å²) in [5.41, 5.74) is 0.949. The van der Waals surface area contributed by atoms with E-state index in [9.17, 15) is 28.4 Å². The first-order valence-electron chi connectivity index (χ1n) is 9.12. The quantitative estimate of drug-likeness (QED) is 0.506. The van der Waals surface area contributed by atoms with Gasteiger partial charge in [-0.2, -0.15) is 4.31 Å². The second-order valence-corrected chi connectivity index (χ2v) is 8.62. The number of nitrogens with zero attached hydrogens (tertiary/aromatic N) is 2. The van der Waals surface area contributed by atoms with Crippen molar-refractivity contribution in [2.45, 2.75) is 24.2 Å². The van der Waals surface area contributed by atoms with Gasteiger partial charge in [-0.05, 0) is 36.5 Å². The van der Waals surface area contributed by atoms with Crippen molar-refractivity contribution in [1.29, 1.82) is 0 Å². The van der Waals surface area contributed by atoms with Crippen LogP contribution in [0.15, 0.2) is 47.4 Å². The average Bonchev–Trinajstić information content (AvgIpc) is 3.24. The summed E-state index contributed by atoms with van der Waals surface area (Å²) in [6, 6.07) is 9.96. The molecule has 1 N–H and O–H groups in total. The zero-order valence-corrected chi connectivity index (χ0v) is 16.4. The monoisotopic (exact) mass is 418 g/mol. The number of carbonyl (C=O) groups excluding carboxylic acids is 1. The zero-order chi connectivity index (χ0) is 21.0. The SMILES string of the molecule is O=C([O-])c1ccc(CCNc2ccc([N+](=O)[O-])cc2S(=O)(=O)N2CCCC2)cc1. The zero-order valence-electron chi connectivity index (χ0n) is 15.5. The van der Waals surface area contributed by atoms with Crippen molar-refractivity contribution in [3.63, 3.8) is 0 Å². The van der Waals surface area contributed by atoms with Gasteiger partial charge in [0.25, 0.3) is 5.69 Å². The fraction of sp³-hybridized carbons (Fsp3) is 0.316. The van der Waals surface area contributed by atoms with Crippen LogP contribution in [0.3, 0.4) is 0 Å². The summed E-state index contributed by atoms with van der Waals surface area (Å²) in [4.78, 5) is 21.2. The van der Waals surface area contributed by atoms with Gasteiger partial charge < -0.3 is 15.2 Å². The van der Waals surface area contributed by atoms with E-state index in [0.29, 0.717) is 31.7 Å². The summed E-state index contributed by atoms with van der Waals surface area (Å²) >= 11 is 0. The first-order valence-corrected chi connectivity index (χ1v) is 10.6. The Morgan fingerprint density at radius 3 is 2.34 bits per heavy atom. The predicted molar refractivity (Wildman–Crippen MR) is 104 cm³/mol. The molecule has 154 valence electrons. The topological polar surface area (TPSA) is 133 Å². The van der Waals surface area contributed by atoms with Crippen LogP contribution in [0.5, 0.6) is 0 Å². The summed E-state index contributed by atoms with van der Waals surface area (Å²) in [7, 11) is -3.84. The second-order valence-electron chi connectivity index (χ2n) is 6.71. The molecule has 0 aromatic heterocycles. The smallest absolute Gasteiger partial charge is 0.270 e. The molecule has 0 amide bonds. The van der Waals surface area contributed by atoms with E-state index in [-0.39, 0.29) is 16.1 Å². The molecule has 0 unspecified atom stereocenters. The van der Waals surface area contributed by atoms with Crippen molar-refractivity contribution >= 4 is 27.4 Å². The van der Waals surface area contributed by atoms with Gasteiger partial charge in [-0.15, -0.1) is 0 Å². The lowest BCUT2D eigenvalue weighted by molar-refractivity contribution is -0.385. The molecule has 10 heteroatoms. The molecule has 3 rings (SSSR count). The Hall–Kier alpha value is -2.98. The Kier molecular flexibility index (Phi) is 6.14.